The Bertz CT molecular complexity index is 1340. The summed E-state index contributed by atoms with van der Waals surface area (Å²) in [7, 11) is -7.96. The number of anilines is 1. The van der Waals surface area contributed by atoms with Gasteiger partial charge in [-0.2, -0.15) is 0 Å². The first kappa shape index (κ1) is 23.9. The number of rotatable bonds is 6. The molecule has 0 N–H and O–H groups in total. The summed E-state index contributed by atoms with van der Waals surface area (Å²) in [6, 6.07) is 13.0. The van der Waals surface area contributed by atoms with E-state index in [9.17, 15) is 16.8 Å². The minimum atomic E-state index is -4.00. The summed E-state index contributed by atoms with van der Waals surface area (Å²) in [6.07, 6.45) is 0. The van der Waals surface area contributed by atoms with E-state index in [1.165, 1.54) is 24.3 Å². The van der Waals surface area contributed by atoms with Gasteiger partial charge in [0, 0.05) is 26.2 Å². The second-order valence-corrected chi connectivity index (χ2v) is 13.1. The number of benzene rings is 2. The fraction of sp³-hybridized carbons (Fsp3) is 0.348. The maximum absolute atomic E-state index is 13.6. The molecule has 1 aromatic heterocycles. The summed E-state index contributed by atoms with van der Waals surface area (Å²) < 4.78 is 53.6. The smallest absolute Gasteiger partial charge is 0.233 e. The van der Waals surface area contributed by atoms with E-state index in [2.05, 4.69) is 16.8 Å². The summed E-state index contributed by atoms with van der Waals surface area (Å²) >= 11 is 0.935. The first-order valence-electron chi connectivity index (χ1n) is 10.7. The standard InChI is InChI=1S/C23H27N3O4S3/c1-4-25-13-15-26(16-14-25)22-21(32(27,28)19-9-5-17(2)6-10-19)24-23(31-22)33(29,30)20-11-7-18(3)8-12-20/h5-12H,4,13-16H2,1-3H3. The highest BCUT2D eigenvalue weighted by molar-refractivity contribution is 7.94. The zero-order valence-corrected chi connectivity index (χ0v) is 21.3. The summed E-state index contributed by atoms with van der Waals surface area (Å²) in [4.78, 5) is 8.67. The number of aromatic nitrogens is 1. The molecule has 176 valence electrons. The molecule has 2 aromatic carbocycles. The molecule has 3 aromatic rings. The predicted octanol–water partition coefficient (Wildman–Crippen LogP) is 3.57. The van der Waals surface area contributed by atoms with Crippen molar-refractivity contribution in [2.45, 2.75) is 39.9 Å². The van der Waals surface area contributed by atoms with Crippen LogP contribution in [0, 0.1) is 13.8 Å². The zero-order chi connectivity index (χ0) is 23.8. The van der Waals surface area contributed by atoms with Crippen LogP contribution in [-0.4, -0.2) is 59.4 Å². The first-order chi connectivity index (χ1) is 15.6. The number of hydrogen-bond acceptors (Lipinski definition) is 8. The van der Waals surface area contributed by atoms with Crippen molar-refractivity contribution in [1.82, 2.24) is 9.88 Å². The molecule has 0 atom stereocenters. The van der Waals surface area contributed by atoms with E-state index >= 15 is 0 Å². The molecule has 1 fully saturated rings. The number of nitrogens with zero attached hydrogens (tertiary/aromatic N) is 3. The minimum absolute atomic E-state index is 0.100. The van der Waals surface area contributed by atoms with Crippen LogP contribution < -0.4 is 4.90 Å². The Balaban J connectivity index is 1.83. The predicted molar refractivity (Wildman–Crippen MR) is 130 cm³/mol. The molecule has 10 heteroatoms. The van der Waals surface area contributed by atoms with Crippen LogP contribution in [0.5, 0.6) is 0 Å². The lowest BCUT2D eigenvalue weighted by molar-refractivity contribution is 0.271. The highest BCUT2D eigenvalue weighted by atomic mass is 32.2. The third-order valence-electron chi connectivity index (χ3n) is 5.81. The molecule has 0 unspecified atom stereocenters. The Labute approximate surface area is 199 Å². The van der Waals surface area contributed by atoms with E-state index in [1.807, 2.05) is 18.7 Å². The van der Waals surface area contributed by atoms with Gasteiger partial charge in [-0.15, -0.1) is 0 Å². The van der Waals surface area contributed by atoms with Crippen molar-refractivity contribution in [3.8, 4) is 0 Å². The highest BCUT2D eigenvalue weighted by Crippen LogP contribution is 2.39. The maximum Gasteiger partial charge on any atom is 0.233 e. The van der Waals surface area contributed by atoms with E-state index in [4.69, 9.17) is 0 Å². The Morgan fingerprint density at radius 2 is 1.27 bits per heavy atom. The topological polar surface area (TPSA) is 87.7 Å². The van der Waals surface area contributed by atoms with Gasteiger partial charge in [0.05, 0.1) is 9.79 Å². The zero-order valence-electron chi connectivity index (χ0n) is 18.9. The fourth-order valence-corrected chi connectivity index (χ4v) is 8.16. The van der Waals surface area contributed by atoms with Crippen molar-refractivity contribution in [2.75, 3.05) is 37.6 Å². The lowest BCUT2D eigenvalue weighted by Gasteiger charge is -2.34. The van der Waals surface area contributed by atoms with E-state index in [0.717, 1.165) is 42.1 Å². The van der Waals surface area contributed by atoms with E-state index in [1.54, 1.807) is 24.3 Å². The van der Waals surface area contributed by atoms with Crippen LogP contribution in [0.4, 0.5) is 5.00 Å². The van der Waals surface area contributed by atoms with Crippen molar-refractivity contribution < 1.29 is 16.8 Å². The van der Waals surface area contributed by atoms with Gasteiger partial charge < -0.3 is 9.80 Å². The molecule has 0 aliphatic carbocycles. The molecule has 0 saturated carbocycles. The number of likely N-dealkylation sites (N-methyl/N-ethyl adjacent to an activating group) is 1. The average molecular weight is 506 g/mol. The van der Waals surface area contributed by atoms with Crippen LogP contribution in [0.15, 0.2) is 67.7 Å². The van der Waals surface area contributed by atoms with E-state index < -0.39 is 19.7 Å². The third kappa shape index (κ3) is 4.70. The second kappa shape index (κ2) is 9.17. The van der Waals surface area contributed by atoms with E-state index in [0.29, 0.717) is 18.1 Å². The molecule has 0 radical (unpaired) electrons. The molecular weight excluding hydrogens is 478 g/mol. The van der Waals surface area contributed by atoms with Gasteiger partial charge in [-0.3, -0.25) is 0 Å². The van der Waals surface area contributed by atoms with Gasteiger partial charge in [-0.05, 0) is 44.7 Å². The van der Waals surface area contributed by atoms with Crippen LogP contribution in [0.3, 0.4) is 0 Å². The number of hydrogen-bond donors (Lipinski definition) is 0. The summed E-state index contributed by atoms with van der Waals surface area (Å²) in [6.45, 7) is 9.52. The van der Waals surface area contributed by atoms with Gasteiger partial charge in [-0.25, -0.2) is 21.8 Å². The number of thiazole rings is 1. The third-order valence-corrected chi connectivity index (χ3v) is 10.9. The molecule has 1 saturated heterocycles. The number of sulfone groups is 2. The van der Waals surface area contributed by atoms with Crippen LogP contribution in [0.2, 0.25) is 0 Å². The second-order valence-electron chi connectivity index (χ2n) is 8.14. The number of aryl methyl sites for hydroxylation is 2. The molecule has 0 bridgehead atoms. The number of piperazine rings is 1. The molecule has 33 heavy (non-hydrogen) atoms. The quantitative estimate of drug-likeness (QED) is 0.506. The van der Waals surface area contributed by atoms with Crippen molar-refractivity contribution in [1.29, 1.82) is 0 Å². The highest BCUT2D eigenvalue weighted by Gasteiger charge is 2.34. The Hall–Kier alpha value is -2.27. The summed E-state index contributed by atoms with van der Waals surface area (Å²) in [5.74, 6) is 0. The molecule has 1 aliphatic rings. The van der Waals surface area contributed by atoms with Crippen LogP contribution in [0.1, 0.15) is 18.1 Å². The maximum atomic E-state index is 13.6. The van der Waals surface area contributed by atoms with Gasteiger partial charge in [-0.1, -0.05) is 53.7 Å². The Morgan fingerprint density at radius 3 is 1.76 bits per heavy atom. The molecule has 1 aliphatic heterocycles. The average Bonchev–Trinajstić information content (AvgIpc) is 3.27. The van der Waals surface area contributed by atoms with Gasteiger partial charge >= 0.3 is 0 Å². The van der Waals surface area contributed by atoms with Crippen LogP contribution >= 0.6 is 11.3 Å². The van der Waals surface area contributed by atoms with Crippen molar-refractivity contribution >= 4 is 36.0 Å². The van der Waals surface area contributed by atoms with Gasteiger partial charge in [0.1, 0.15) is 5.00 Å². The monoisotopic (exact) mass is 505 g/mol. The van der Waals surface area contributed by atoms with Crippen molar-refractivity contribution in [3.05, 3.63) is 59.7 Å². The molecular formula is C23H27N3O4S3. The SMILES string of the molecule is CCN1CCN(c2sc(S(=O)(=O)c3ccc(C)cc3)nc2S(=O)(=O)c2ccc(C)cc2)CC1. The van der Waals surface area contributed by atoms with E-state index in [-0.39, 0.29) is 19.2 Å². The van der Waals surface area contributed by atoms with Crippen molar-refractivity contribution in [3.63, 3.8) is 0 Å². The lowest BCUT2D eigenvalue weighted by atomic mass is 10.2. The molecule has 4 rings (SSSR count). The van der Waals surface area contributed by atoms with Crippen molar-refractivity contribution in [2.24, 2.45) is 0 Å². The molecule has 7 nitrogen and oxygen atoms in total. The first-order valence-corrected chi connectivity index (χ1v) is 14.5. The largest absolute Gasteiger partial charge is 0.358 e. The van der Waals surface area contributed by atoms with Gasteiger partial charge in [0.2, 0.25) is 24.0 Å². The molecule has 0 spiro atoms. The molecule has 0 amide bonds. The minimum Gasteiger partial charge on any atom is -0.358 e. The normalized spacial score (nSPS) is 15.7. The Morgan fingerprint density at radius 1 is 0.788 bits per heavy atom. The lowest BCUT2D eigenvalue weighted by Crippen LogP contribution is -2.46. The summed E-state index contributed by atoms with van der Waals surface area (Å²) in [5.41, 5.74) is 1.87. The fourth-order valence-electron chi connectivity index (χ4n) is 3.68. The Kier molecular flexibility index (Phi) is 6.63. The van der Waals surface area contributed by atoms with Crippen LogP contribution in [0.25, 0.3) is 0 Å². The van der Waals surface area contributed by atoms with Crippen LogP contribution in [-0.2, 0) is 19.7 Å². The van der Waals surface area contributed by atoms with Gasteiger partial charge in [0.15, 0.2) is 5.03 Å². The molecule has 2 heterocycles. The summed E-state index contributed by atoms with van der Waals surface area (Å²) in [5, 5.41) is 0.198. The van der Waals surface area contributed by atoms with Gasteiger partial charge in [0.25, 0.3) is 0 Å².